The first-order valence-corrected chi connectivity index (χ1v) is 8.72. The van der Waals surface area contributed by atoms with Crippen molar-refractivity contribution in [2.45, 2.75) is 30.7 Å². The van der Waals surface area contributed by atoms with Crippen LogP contribution < -0.4 is 5.32 Å². The highest BCUT2D eigenvalue weighted by atomic mass is 32.2. The monoisotopic (exact) mass is 340 g/mol. The molecule has 0 saturated carbocycles. The van der Waals surface area contributed by atoms with E-state index in [0.717, 1.165) is 5.56 Å². The van der Waals surface area contributed by atoms with Gasteiger partial charge in [0, 0.05) is 20.1 Å². The summed E-state index contributed by atoms with van der Waals surface area (Å²) in [7, 11) is -2.54. The molecule has 0 aromatic heterocycles. The topological polar surface area (TPSA) is 92.8 Å². The summed E-state index contributed by atoms with van der Waals surface area (Å²) in [5.41, 5.74) is 0.908. The summed E-state index contributed by atoms with van der Waals surface area (Å²) in [4.78, 5) is 24.2. The van der Waals surface area contributed by atoms with Crippen molar-refractivity contribution in [2.75, 3.05) is 20.3 Å². The molecule has 0 unspecified atom stereocenters. The van der Waals surface area contributed by atoms with Gasteiger partial charge in [0.1, 0.15) is 6.04 Å². The second-order valence-corrected chi connectivity index (χ2v) is 7.16. The van der Waals surface area contributed by atoms with Crippen LogP contribution in [0.2, 0.25) is 0 Å². The molecular formula is C15H20N2O5S. The molecule has 1 aliphatic heterocycles. The molecule has 0 radical (unpaired) electrons. The Morgan fingerprint density at radius 1 is 1.35 bits per heavy atom. The molecule has 126 valence electrons. The van der Waals surface area contributed by atoms with Crippen LogP contribution in [-0.4, -0.2) is 50.8 Å². The van der Waals surface area contributed by atoms with Crippen molar-refractivity contribution in [3.63, 3.8) is 0 Å². The van der Waals surface area contributed by atoms with E-state index in [1.54, 1.807) is 12.1 Å². The molecule has 1 saturated heterocycles. The first-order valence-electron chi connectivity index (χ1n) is 7.28. The van der Waals surface area contributed by atoms with Gasteiger partial charge in [0.2, 0.25) is 11.8 Å². The van der Waals surface area contributed by atoms with Crippen molar-refractivity contribution < 1.29 is 22.7 Å². The molecule has 0 bridgehead atoms. The molecule has 1 N–H and O–H groups in total. The highest BCUT2D eigenvalue weighted by Gasteiger charge is 2.44. The third-order valence-electron chi connectivity index (χ3n) is 3.65. The Morgan fingerprint density at radius 2 is 2.00 bits per heavy atom. The molecule has 1 aromatic rings. The molecule has 7 nitrogen and oxygen atoms in total. The number of nitrogens with zero attached hydrogens (tertiary/aromatic N) is 1. The van der Waals surface area contributed by atoms with Gasteiger partial charge >= 0.3 is 0 Å². The molecule has 1 fully saturated rings. The quantitative estimate of drug-likeness (QED) is 0.759. The number of carbonyl (C=O) groups excluding carboxylic acids is 2. The lowest BCUT2D eigenvalue weighted by Crippen LogP contribution is -2.48. The van der Waals surface area contributed by atoms with E-state index in [1.165, 1.54) is 19.2 Å². The number of amides is 2. The Labute approximate surface area is 135 Å². The highest BCUT2D eigenvalue weighted by molar-refractivity contribution is 7.89. The van der Waals surface area contributed by atoms with Crippen LogP contribution in [0, 0.1) is 6.92 Å². The normalized spacial score (nSPS) is 18.3. The number of sulfonamides is 1. The SMILES string of the molecule is COCCNC(=O)[C@H]1CCC(=O)N1S(=O)(=O)c1ccc(C)cc1. The Balaban J connectivity index is 2.25. The van der Waals surface area contributed by atoms with E-state index in [9.17, 15) is 18.0 Å². The minimum atomic E-state index is -4.04. The fourth-order valence-electron chi connectivity index (χ4n) is 2.42. The van der Waals surface area contributed by atoms with E-state index in [4.69, 9.17) is 4.74 Å². The molecule has 2 amide bonds. The zero-order valence-electron chi connectivity index (χ0n) is 13.1. The van der Waals surface area contributed by atoms with Gasteiger partial charge < -0.3 is 10.1 Å². The van der Waals surface area contributed by atoms with Crippen LogP contribution >= 0.6 is 0 Å². The zero-order chi connectivity index (χ0) is 17.0. The summed E-state index contributed by atoms with van der Waals surface area (Å²) in [6, 6.07) is 5.18. The van der Waals surface area contributed by atoms with Crippen molar-refractivity contribution in [1.82, 2.24) is 9.62 Å². The maximum Gasteiger partial charge on any atom is 0.267 e. The van der Waals surface area contributed by atoms with E-state index in [2.05, 4.69) is 5.32 Å². The van der Waals surface area contributed by atoms with Crippen molar-refractivity contribution in [3.05, 3.63) is 29.8 Å². The summed E-state index contributed by atoms with van der Waals surface area (Å²) >= 11 is 0. The van der Waals surface area contributed by atoms with Crippen LogP contribution in [0.15, 0.2) is 29.2 Å². The Kier molecular flexibility index (Phi) is 5.38. The minimum Gasteiger partial charge on any atom is -0.383 e. The Bertz CT molecular complexity index is 684. The van der Waals surface area contributed by atoms with E-state index >= 15 is 0 Å². The number of aryl methyl sites for hydroxylation is 1. The minimum absolute atomic E-state index is 0.00745. The van der Waals surface area contributed by atoms with Gasteiger partial charge in [0.15, 0.2) is 0 Å². The second kappa shape index (κ2) is 7.10. The summed E-state index contributed by atoms with van der Waals surface area (Å²) < 4.78 is 30.9. The van der Waals surface area contributed by atoms with Crippen molar-refractivity contribution >= 4 is 21.8 Å². The second-order valence-electron chi connectivity index (χ2n) is 5.35. The Morgan fingerprint density at radius 3 is 2.61 bits per heavy atom. The van der Waals surface area contributed by atoms with Crippen LogP contribution in [0.1, 0.15) is 18.4 Å². The molecule has 2 rings (SSSR count). The number of rotatable bonds is 6. The molecule has 8 heteroatoms. The Hall–Kier alpha value is -1.93. The standard InChI is InChI=1S/C15H20N2O5S/c1-11-3-5-12(6-4-11)23(20,21)17-13(7-8-14(17)18)15(19)16-9-10-22-2/h3-6,13H,7-10H2,1-2H3,(H,16,19)/t13-/m1/s1. The van der Waals surface area contributed by atoms with Gasteiger partial charge in [-0.1, -0.05) is 17.7 Å². The summed E-state index contributed by atoms with van der Waals surface area (Å²) in [6.07, 6.45) is 0.218. The van der Waals surface area contributed by atoms with Gasteiger partial charge in [-0.15, -0.1) is 0 Å². The van der Waals surface area contributed by atoms with Crippen LogP contribution in [-0.2, 0) is 24.3 Å². The molecular weight excluding hydrogens is 320 g/mol. The first-order chi connectivity index (χ1) is 10.9. The number of hydrogen-bond acceptors (Lipinski definition) is 5. The zero-order valence-corrected chi connectivity index (χ0v) is 13.9. The lowest BCUT2D eigenvalue weighted by Gasteiger charge is -2.23. The fraction of sp³-hybridized carbons (Fsp3) is 0.467. The van der Waals surface area contributed by atoms with Crippen LogP contribution in [0.3, 0.4) is 0 Å². The predicted molar refractivity (Wildman–Crippen MR) is 83.1 cm³/mol. The maximum absolute atomic E-state index is 12.7. The third-order valence-corrected chi connectivity index (χ3v) is 5.49. The number of nitrogens with one attached hydrogen (secondary N) is 1. The first kappa shape index (κ1) is 17.4. The van der Waals surface area contributed by atoms with Crippen molar-refractivity contribution in [3.8, 4) is 0 Å². The van der Waals surface area contributed by atoms with Gasteiger partial charge in [-0.2, -0.15) is 0 Å². The number of carbonyl (C=O) groups is 2. The summed E-state index contributed by atoms with van der Waals surface area (Å²) in [6.45, 7) is 2.42. The molecule has 1 heterocycles. The van der Waals surface area contributed by atoms with Gasteiger partial charge in [-0.3, -0.25) is 9.59 Å². The number of methoxy groups -OCH3 is 1. The molecule has 1 aliphatic rings. The maximum atomic E-state index is 12.7. The third kappa shape index (κ3) is 3.70. The van der Waals surface area contributed by atoms with Gasteiger partial charge in [0.05, 0.1) is 11.5 Å². The number of benzene rings is 1. The highest BCUT2D eigenvalue weighted by Crippen LogP contribution is 2.27. The van der Waals surface area contributed by atoms with E-state index < -0.39 is 27.9 Å². The van der Waals surface area contributed by atoms with Crippen molar-refractivity contribution in [1.29, 1.82) is 0 Å². The molecule has 23 heavy (non-hydrogen) atoms. The van der Waals surface area contributed by atoms with Crippen LogP contribution in [0.25, 0.3) is 0 Å². The average Bonchev–Trinajstić information content (AvgIpc) is 2.90. The van der Waals surface area contributed by atoms with Crippen LogP contribution in [0.4, 0.5) is 0 Å². The lowest BCUT2D eigenvalue weighted by atomic mass is 10.2. The molecule has 0 aliphatic carbocycles. The number of ether oxygens (including phenoxy) is 1. The fourth-order valence-corrected chi connectivity index (χ4v) is 4.02. The molecule has 1 aromatic carbocycles. The summed E-state index contributed by atoms with van der Waals surface area (Å²) in [5.74, 6) is -1.04. The van der Waals surface area contributed by atoms with Crippen molar-refractivity contribution in [2.24, 2.45) is 0 Å². The lowest BCUT2D eigenvalue weighted by molar-refractivity contribution is -0.130. The molecule has 1 atom stereocenters. The van der Waals surface area contributed by atoms with Gasteiger partial charge in [-0.05, 0) is 25.5 Å². The van der Waals surface area contributed by atoms with Gasteiger partial charge in [0.25, 0.3) is 10.0 Å². The predicted octanol–water partition coefficient (Wildman–Crippen LogP) is 0.437. The van der Waals surface area contributed by atoms with Gasteiger partial charge in [-0.25, -0.2) is 12.7 Å². The average molecular weight is 340 g/mol. The smallest absolute Gasteiger partial charge is 0.267 e. The molecule has 0 spiro atoms. The summed E-state index contributed by atoms with van der Waals surface area (Å²) in [5, 5.41) is 2.59. The largest absolute Gasteiger partial charge is 0.383 e. The van der Waals surface area contributed by atoms with E-state index in [1.807, 2.05) is 6.92 Å². The number of hydrogen-bond donors (Lipinski definition) is 1. The van der Waals surface area contributed by atoms with E-state index in [-0.39, 0.29) is 24.3 Å². The van der Waals surface area contributed by atoms with E-state index in [0.29, 0.717) is 10.9 Å². The van der Waals surface area contributed by atoms with Crippen LogP contribution in [0.5, 0.6) is 0 Å².